The Hall–Kier alpha value is -2.92. The summed E-state index contributed by atoms with van der Waals surface area (Å²) in [7, 11) is -1.75. The van der Waals surface area contributed by atoms with Gasteiger partial charge in [0.15, 0.2) is 9.84 Å². The van der Waals surface area contributed by atoms with Crippen molar-refractivity contribution in [1.29, 1.82) is 5.26 Å². The average molecular weight is 386 g/mol. The molecule has 8 heteroatoms. The molecule has 0 saturated carbocycles. The number of amides is 2. The molecule has 1 fully saturated rings. The van der Waals surface area contributed by atoms with Crippen LogP contribution in [0, 0.1) is 11.3 Å². The molecular formula is C19H18N2O5S. The first-order valence-electron chi connectivity index (χ1n) is 8.33. The zero-order valence-corrected chi connectivity index (χ0v) is 15.7. The van der Waals surface area contributed by atoms with Crippen LogP contribution in [-0.4, -0.2) is 49.8 Å². The molecule has 2 aliphatic rings. The van der Waals surface area contributed by atoms with E-state index >= 15 is 0 Å². The molecule has 7 nitrogen and oxygen atoms in total. The Kier molecular flexibility index (Phi) is 4.89. The highest BCUT2D eigenvalue weighted by Gasteiger charge is 2.43. The van der Waals surface area contributed by atoms with Gasteiger partial charge in [0.1, 0.15) is 17.4 Å². The van der Waals surface area contributed by atoms with E-state index < -0.39 is 27.7 Å². The van der Waals surface area contributed by atoms with Crippen LogP contribution < -0.4 is 4.74 Å². The van der Waals surface area contributed by atoms with Crippen LogP contribution in [0.5, 0.6) is 5.75 Å². The molecule has 2 heterocycles. The van der Waals surface area contributed by atoms with Gasteiger partial charge in [0, 0.05) is 5.57 Å². The number of nitrogens with zero attached hydrogens (tertiary/aromatic N) is 2. The number of sulfone groups is 1. The van der Waals surface area contributed by atoms with Crippen LogP contribution in [0.4, 0.5) is 0 Å². The van der Waals surface area contributed by atoms with Crippen LogP contribution in [0.1, 0.15) is 18.9 Å². The van der Waals surface area contributed by atoms with Crippen molar-refractivity contribution in [3.8, 4) is 11.8 Å². The van der Waals surface area contributed by atoms with Gasteiger partial charge in [0.25, 0.3) is 11.8 Å². The van der Waals surface area contributed by atoms with Crippen molar-refractivity contribution in [3.05, 3.63) is 46.5 Å². The van der Waals surface area contributed by atoms with Crippen molar-refractivity contribution in [2.45, 2.75) is 19.4 Å². The zero-order chi connectivity index (χ0) is 19.8. The number of rotatable bonds is 3. The van der Waals surface area contributed by atoms with Crippen molar-refractivity contribution >= 4 is 27.7 Å². The van der Waals surface area contributed by atoms with Gasteiger partial charge in [-0.3, -0.25) is 14.5 Å². The number of carbonyl (C=O) groups is 2. The molecular weight excluding hydrogens is 368 g/mol. The highest BCUT2D eigenvalue weighted by molar-refractivity contribution is 7.91. The van der Waals surface area contributed by atoms with Crippen molar-refractivity contribution in [3.63, 3.8) is 0 Å². The summed E-state index contributed by atoms with van der Waals surface area (Å²) in [6.07, 6.45) is 1.78. The lowest BCUT2D eigenvalue weighted by atomic mass is 9.92. The van der Waals surface area contributed by atoms with E-state index in [1.54, 1.807) is 44.4 Å². The third-order valence-electron chi connectivity index (χ3n) is 4.77. The van der Waals surface area contributed by atoms with E-state index in [1.807, 2.05) is 6.07 Å². The number of hydrogen-bond acceptors (Lipinski definition) is 6. The lowest BCUT2D eigenvalue weighted by Gasteiger charge is -2.31. The van der Waals surface area contributed by atoms with Crippen LogP contribution in [0.25, 0.3) is 6.08 Å². The minimum atomic E-state index is -3.29. The maximum atomic E-state index is 13.0. The lowest BCUT2D eigenvalue weighted by Crippen LogP contribution is -2.49. The van der Waals surface area contributed by atoms with E-state index in [0.717, 1.165) is 4.90 Å². The molecule has 1 aromatic carbocycles. The van der Waals surface area contributed by atoms with Gasteiger partial charge in [-0.2, -0.15) is 5.26 Å². The van der Waals surface area contributed by atoms with Gasteiger partial charge in [-0.05, 0) is 42.7 Å². The van der Waals surface area contributed by atoms with Crippen molar-refractivity contribution < 1.29 is 22.7 Å². The maximum absolute atomic E-state index is 13.0. The van der Waals surface area contributed by atoms with E-state index in [2.05, 4.69) is 0 Å². The van der Waals surface area contributed by atoms with Crippen molar-refractivity contribution in [1.82, 2.24) is 4.90 Å². The Labute approximate surface area is 157 Å². The van der Waals surface area contributed by atoms with Crippen LogP contribution in [0.15, 0.2) is 41.0 Å². The van der Waals surface area contributed by atoms with E-state index in [-0.39, 0.29) is 29.1 Å². The first-order valence-corrected chi connectivity index (χ1v) is 10.1. The van der Waals surface area contributed by atoms with Gasteiger partial charge >= 0.3 is 0 Å². The van der Waals surface area contributed by atoms with Gasteiger partial charge in [-0.1, -0.05) is 12.1 Å². The number of nitriles is 1. The fraction of sp³-hybridized carbons (Fsp3) is 0.316. The standard InChI is InChI=1S/C19H18N2O5S/c1-12-16(9-13-3-5-15(26-2)6-4-13)18(22)21(19(23)17(12)10-20)14-7-8-27(24,25)11-14/h3-6,9,14H,7-8,11H2,1-2H3/b16-9+/t14-/m0/s1. The Morgan fingerprint density at radius 2 is 1.89 bits per heavy atom. The molecule has 1 aromatic rings. The van der Waals surface area contributed by atoms with Crippen LogP contribution in [-0.2, 0) is 19.4 Å². The van der Waals surface area contributed by atoms with Gasteiger partial charge in [0.05, 0.1) is 24.7 Å². The number of hydrogen-bond donors (Lipinski definition) is 0. The second-order valence-electron chi connectivity index (χ2n) is 6.48. The maximum Gasteiger partial charge on any atom is 0.271 e. The summed E-state index contributed by atoms with van der Waals surface area (Å²) in [5.41, 5.74) is 1.06. The fourth-order valence-corrected chi connectivity index (χ4v) is 4.98. The summed E-state index contributed by atoms with van der Waals surface area (Å²) in [6.45, 7) is 1.55. The molecule has 0 radical (unpaired) electrons. The van der Waals surface area contributed by atoms with Gasteiger partial charge in [-0.25, -0.2) is 8.42 Å². The number of methoxy groups -OCH3 is 1. The third-order valence-corrected chi connectivity index (χ3v) is 6.52. The van der Waals surface area contributed by atoms with E-state index in [4.69, 9.17) is 4.74 Å². The Morgan fingerprint density at radius 3 is 2.41 bits per heavy atom. The first kappa shape index (κ1) is 18.9. The zero-order valence-electron chi connectivity index (χ0n) is 14.9. The number of imide groups is 1. The van der Waals surface area contributed by atoms with Crippen molar-refractivity contribution in [2.24, 2.45) is 0 Å². The average Bonchev–Trinajstić information content (AvgIpc) is 2.99. The molecule has 3 rings (SSSR count). The van der Waals surface area contributed by atoms with Crippen LogP contribution in [0.3, 0.4) is 0 Å². The summed E-state index contributed by atoms with van der Waals surface area (Å²) in [5, 5.41) is 9.40. The van der Waals surface area contributed by atoms with Crippen LogP contribution in [0.2, 0.25) is 0 Å². The summed E-state index contributed by atoms with van der Waals surface area (Å²) in [5.74, 6) is -0.983. The van der Waals surface area contributed by atoms with E-state index in [1.165, 1.54) is 0 Å². The molecule has 0 bridgehead atoms. The summed E-state index contributed by atoms with van der Waals surface area (Å²) >= 11 is 0. The number of benzene rings is 1. The molecule has 2 aliphatic heterocycles. The van der Waals surface area contributed by atoms with Gasteiger partial charge in [-0.15, -0.1) is 0 Å². The molecule has 140 valence electrons. The second-order valence-corrected chi connectivity index (χ2v) is 8.71. The minimum Gasteiger partial charge on any atom is -0.497 e. The number of ether oxygens (including phenoxy) is 1. The van der Waals surface area contributed by atoms with Gasteiger partial charge in [0.2, 0.25) is 0 Å². The molecule has 2 amide bonds. The van der Waals surface area contributed by atoms with Crippen LogP contribution >= 0.6 is 0 Å². The summed E-state index contributed by atoms with van der Waals surface area (Å²) in [4.78, 5) is 26.6. The fourth-order valence-electron chi connectivity index (χ4n) is 3.28. The quantitative estimate of drug-likeness (QED) is 0.576. The molecule has 0 aromatic heterocycles. The molecule has 0 aliphatic carbocycles. The third kappa shape index (κ3) is 3.51. The molecule has 27 heavy (non-hydrogen) atoms. The predicted octanol–water partition coefficient (Wildman–Crippen LogP) is 1.47. The lowest BCUT2D eigenvalue weighted by molar-refractivity contribution is -0.142. The molecule has 0 spiro atoms. The monoisotopic (exact) mass is 386 g/mol. The van der Waals surface area contributed by atoms with Crippen molar-refractivity contribution in [2.75, 3.05) is 18.6 Å². The highest BCUT2D eigenvalue weighted by atomic mass is 32.2. The first-order chi connectivity index (χ1) is 12.8. The summed E-state index contributed by atoms with van der Waals surface area (Å²) in [6, 6.07) is 8.08. The minimum absolute atomic E-state index is 0.0726. The summed E-state index contributed by atoms with van der Waals surface area (Å²) < 4.78 is 28.7. The largest absolute Gasteiger partial charge is 0.497 e. The molecule has 0 unspecified atom stereocenters. The normalized spacial score (nSPS) is 23.7. The Morgan fingerprint density at radius 1 is 1.22 bits per heavy atom. The SMILES string of the molecule is COc1ccc(/C=C2/C(=O)N([C@H]3CCS(=O)(=O)C3)C(=O)C(C#N)=C2C)cc1. The second kappa shape index (κ2) is 7.00. The Bertz CT molecular complexity index is 1010. The highest BCUT2D eigenvalue weighted by Crippen LogP contribution is 2.31. The molecule has 0 N–H and O–H groups in total. The smallest absolute Gasteiger partial charge is 0.271 e. The topological polar surface area (TPSA) is 105 Å². The number of carbonyl (C=O) groups excluding carboxylic acids is 2. The molecule has 1 atom stereocenters. The predicted molar refractivity (Wildman–Crippen MR) is 98.2 cm³/mol. The van der Waals surface area contributed by atoms with E-state index in [0.29, 0.717) is 16.9 Å². The molecule has 1 saturated heterocycles. The van der Waals surface area contributed by atoms with E-state index in [9.17, 15) is 23.3 Å². The van der Waals surface area contributed by atoms with Gasteiger partial charge < -0.3 is 4.74 Å². The Balaban J connectivity index is 2.05.